The van der Waals surface area contributed by atoms with Gasteiger partial charge in [-0.3, -0.25) is 4.79 Å². The van der Waals surface area contributed by atoms with Gasteiger partial charge in [-0.15, -0.1) is 11.3 Å². The zero-order chi connectivity index (χ0) is 22.3. The zero-order valence-electron chi connectivity index (χ0n) is 15.1. The molecule has 2 heterocycles. The highest BCUT2D eigenvalue weighted by Gasteiger charge is 2.39. The van der Waals surface area contributed by atoms with Gasteiger partial charge in [-0.2, -0.15) is 26.3 Å². The first kappa shape index (κ1) is 22.6. The summed E-state index contributed by atoms with van der Waals surface area (Å²) in [6.45, 7) is -0.432. The van der Waals surface area contributed by atoms with E-state index < -0.39 is 55.8 Å². The quantitative estimate of drug-likeness (QED) is 0.592. The van der Waals surface area contributed by atoms with Gasteiger partial charge in [0, 0.05) is 23.5 Å². The molecule has 30 heavy (non-hydrogen) atoms. The van der Waals surface area contributed by atoms with Crippen LogP contribution in [0.25, 0.3) is 0 Å². The van der Waals surface area contributed by atoms with Crippen LogP contribution in [0.1, 0.15) is 38.0 Å². The lowest BCUT2D eigenvalue weighted by Crippen LogP contribution is -2.34. The van der Waals surface area contributed by atoms with Gasteiger partial charge in [-0.25, -0.2) is 8.42 Å². The first-order chi connectivity index (χ1) is 13.8. The molecule has 0 bridgehead atoms. The molecule has 0 aliphatic carbocycles. The van der Waals surface area contributed by atoms with Crippen LogP contribution in [-0.4, -0.2) is 38.1 Å². The van der Waals surface area contributed by atoms with Gasteiger partial charge in [-0.05, 0) is 36.1 Å². The van der Waals surface area contributed by atoms with Gasteiger partial charge >= 0.3 is 12.4 Å². The van der Waals surface area contributed by atoms with E-state index in [-0.39, 0.29) is 25.6 Å². The van der Waals surface area contributed by atoms with Crippen molar-refractivity contribution in [2.75, 3.05) is 18.8 Å². The fraction of sp³-hybridized carbons (Fsp3) is 0.389. The Morgan fingerprint density at radius 2 is 1.60 bits per heavy atom. The third-order valence-corrected chi connectivity index (χ3v) is 7.97. The smallest absolute Gasteiger partial charge is 0.338 e. The molecule has 1 saturated heterocycles. The van der Waals surface area contributed by atoms with E-state index in [1.165, 1.54) is 11.3 Å². The second-order valence-corrected chi connectivity index (χ2v) is 10.0. The third kappa shape index (κ3) is 4.80. The van der Waals surface area contributed by atoms with Crippen LogP contribution < -0.4 is 0 Å². The maximum atomic E-state index is 13.0. The number of halogens is 6. The lowest BCUT2D eigenvalue weighted by atomic mass is 10.0. The Balaban J connectivity index is 1.93. The molecule has 1 unspecified atom stereocenters. The summed E-state index contributed by atoms with van der Waals surface area (Å²) >= 11 is 1.22. The predicted octanol–water partition coefficient (Wildman–Crippen LogP) is 4.79. The van der Waals surface area contributed by atoms with Gasteiger partial charge < -0.3 is 4.90 Å². The average molecular weight is 471 g/mol. The number of hydrogen-bond acceptors (Lipinski definition) is 4. The van der Waals surface area contributed by atoms with Crippen molar-refractivity contribution in [2.24, 2.45) is 0 Å². The van der Waals surface area contributed by atoms with Crippen LogP contribution in [0.3, 0.4) is 0 Å². The molecule has 164 valence electrons. The van der Waals surface area contributed by atoms with Gasteiger partial charge in [0.15, 0.2) is 9.84 Å². The molecule has 1 aromatic heterocycles. The number of amides is 1. The van der Waals surface area contributed by atoms with E-state index in [9.17, 15) is 39.6 Å². The summed E-state index contributed by atoms with van der Waals surface area (Å²) in [5.41, 5.74) is -3.98. The van der Waals surface area contributed by atoms with Gasteiger partial charge in [0.1, 0.15) is 0 Å². The summed E-state index contributed by atoms with van der Waals surface area (Å²) in [5.74, 6) is -1.51. The lowest BCUT2D eigenvalue weighted by molar-refractivity contribution is -0.143. The highest BCUT2D eigenvalue weighted by Crippen LogP contribution is 2.37. The van der Waals surface area contributed by atoms with Gasteiger partial charge in [0.05, 0.1) is 22.1 Å². The molecule has 2 aromatic rings. The minimum atomic E-state index is -5.08. The summed E-state index contributed by atoms with van der Waals surface area (Å²) in [5, 5.41) is 0.822. The largest absolute Gasteiger partial charge is 0.416 e. The molecule has 4 nitrogen and oxygen atoms in total. The molecule has 0 N–H and O–H groups in total. The summed E-state index contributed by atoms with van der Waals surface area (Å²) in [6.07, 6.45) is -10.2. The van der Waals surface area contributed by atoms with Gasteiger partial charge in [0.2, 0.25) is 0 Å². The molecule has 1 aliphatic heterocycles. The van der Waals surface area contributed by atoms with Crippen molar-refractivity contribution in [3.05, 3.63) is 57.3 Å². The average Bonchev–Trinajstić information content (AvgIpc) is 3.10. The number of rotatable bonds is 2. The maximum absolute atomic E-state index is 13.0. The number of thiophene rings is 1. The Bertz CT molecular complexity index is 997. The van der Waals surface area contributed by atoms with Crippen LogP contribution in [0, 0.1) is 0 Å². The second kappa shape index (κ2) is 7.88. The van der Waals surface area contributed by atoms with Crippen molar-refractivity contribution in [2.45, 2.75) is 24.0 Å². The van der Waals surface area contributed by atoms with Crippen LogP contribution in [-0.2, 0) is 22.2 Å². The van der Waals surface area contributed by atoms with Crippen molar-refractivity contribution >= 4 is 27.1 Å². The lowest BCUT2D eigenvalue weighted by Gasteiger charge is -2.21. The Morgan fingerprint density at radius 1 is 1.00 bits per heavy atom. The number of alkyl halides is 6. The molecule has 0 spiro atoms. The van der Waals surface area contributed by atoms with Crippen molar-refractivity contribution in [3.8, 4) is 0 Å². The van der Waals surface area contributed by atoms with Gasteiger partial charge in [0.25, 0.3) is 5.91 Å². The van der Waals surface area contributed by atoms with Crippen LogP contribution in [0.5, 0.6) is 0 Å². The molecule has 1 fully saturated rings. The van der Waals surface area contributed by atoms with Crippen LogP contribution >= 0.6 is 11.3 Å². The third-order valence-electron chi connectivity index (χ3n) is 4.72. The Hall–Kier alpha value is -2.08. The number of benzene rings is 1. The molecule has 3 rings (SSSR count). The zero-order valence-corrected chi connectivity index (χ0v) is 16.8. The first-order valence-electron chi connectivity index (χ1n) is 8.63. The highest BCUT2D eigenvalue weighted by atomic mass is 32.2. The number of carbonyl (C=O) groups excluding carboxylic acids is 1. The van der Waals surface area contributed by atoms with E-state index in [2.05, 4.69) is 0 Å². The van der Waals surface area contributed by atoms with E-state index in [0.717, 1.165) is 4.90 Å². The molecule has 1 amide bonds. The topological polar surface area (TPSA) is 54.5 Å². The van der Waals surface area contributed by atoms with Crippen LogP contribution in [0.2, 0.25) is 0 Å². The fourth-order valence-electron chi connectivity index (χ4n) is 3.20. The molecule has 1 atom stereocenters. The Kier molecular flexibility index (Phi) is 5.93. The maximum Gasteiger partial charge on any atom is 0.416 e. The van der Waals surface area contributed by atoms with Crippen molar-refractivity contribution < 1.29 is 39.6 Å². The summed E-state index contributed by atoms with van der Waals surface area (Å²) in [6, 6.07) is 3.95. The monoisotopic (exact) mass is 471 g/mol. The molecule has 12 heteroatoms. The molecule has 0 saturated carbocycles. The number of sulfone groups is 1. The summed E-state index contributed by atoms with van der Waals surface area (Å²) in [4.78, 5) is 14.3. The summed E-state index contributed by atoms with van der Waals surface area (Å²) < 4.78 is 103. The minimum Gasteiger partial charge on any atom is -0.338 e. The van der Waals surface area contributed by atoms with E-state index >= 15 is 0 Å². The normalized spacial score (nSPS) is 20.1. The number of nitrogens with zero attached hydrogens (tertiary/aromatic N) is 1. The van der Waals surface area contributed by atoms with Gasteiger partial charge in [-0.1, -0.05) is 6.07 Å². The van der Waals surface area contributed by atoms with E-state index in [0.29, 0.717) is 17.0 Å². The fourth-order valence-corrected chi connectivity index (χ4v) is 6.21. The number of hydrogen-bond donors (Lipinski definition) is 0. The van der Waals surface area contributed by atoms with Crippen molar-refractivity contribution in [1.82, 2.24) is 4.90 Å². The van der Waals surface area contributed by atoms with Crippen LogP contribution in [0.4, 0.5) is 26.3 Å². The molecular formula is C18H15F6NO3S2. The standard InChI is InChI=1S/C18H15F6NO3S2/c19-17(20,21)12-8-11(9-13(10-12)18(22,23)24)16(26)25-4-3-15(14-2-1-6-29-14)30(27,28)7-5-25/h1-2,6,8-10,15H,3-5,7H2. The van der Waals surface area contributed by atoms with Crippen LogP contribution in [0.15, 0.2) is 35.7 Å². The SMILES string of the molecule is O=C(c1cc(C(F)(F)F)cc(C(F)(F)F)c1)N1CCC(c2cccs2)S(=O)(=O)CC1. The molecule has 1 aromatic carbocycles. The minimum absolute atomic E-state index is 0.000321. The molecule has 0 radical (unpaired) electrons. The number of carbonyl (C=O) groups is 1. The predicted molar refractivity (Wildman–Crippen MR) is 97.8 cm³/mol. The van der Waals surface area contributed by atoms with E-state index in [1.54, 1.807) is 17.5 Å². The van der Waals surface area contributed by atoms with Crippen molar-refractivity contribution in [3.63, 3.8) is 0 Å². The molecule has 1 aliphatic rings. The van der Waals surface area contributed by atoms with E-state index in [1.807, 2.05) is 0 Å². The molecular weight excluding hydrogens is 456 g/mol. The first-order valence-corrected chi connectivity index (χ1v) is 11.2. The van der Waals surface area contributed by atoms with E-state index in [4.69, 9.17) is 0 Å². The Morgan fingerprint density at radius 3 is 2.10 bits per heavy atom. The highest BCUT2D eigenvalue weighted by molar-refractivity contribution is 7.91. The van der Waals surface area contributed by atoms with Crippen molar-refractivity contribution in [1.29, 1.82) is 0 Å². The second-order valence-electron chi connectivity index (χ2n) is 6.75. The Labute approximate surface area is 172 Å². The summed E-state index contributed by atoms with van der Waals surface area (Å²) in [7, 11) is -3.64.